The van der Waals surface area contributed by atoms with E-state index in [0.29, 0.717) is 0 Å². The zero-order chi connectivity index (χ0) is 17.0. The summed E-state index contributed by atoms with van der Waals surface area (Å²) in [5.74, 6) is -0.492. The zero-order valence-corrected chi connectivity index (χ0v) is 15.3. The van der Waals surface area contributed by atoms with Gasteiger partial charge in [-0.25, -0.2) is 4.79 Å². The Morgan fingerprint density at radius 2 is 2.05 bits per heavy atom. The van der Waals surface area contributed by atoms with Crippen LogP contribution in [-0.4, -0.2) is 58.2 Å². The highest BCUT2D eigenvalue weighted by Gasteiger charge is 2.40. The van der Waals surface area contributed by atoms with E-state index < -0.39 is 32.6 Å². The number of hydrogen-bond donors (Lipinski definition) is 1. The maximum Gasteiger partial charge on any atom is 0.330 e. The lowest BCUT2D eigenvalue weighted by Gasteiger charge is -2.38. The van der Waals surface area contributed by atoms with Crippen molar-refractivity contribution in [3.63, 3.8) is 0 Å². The first kappa shape index (κ1) is 19.3. The van der Waals surface area contributed by atoms with Crippen LogP contribution in [0.1, 0.15) is 20.8 Å². The van der Waals surface area contributed by atoms with Crippen LogP contribution in [0.25, 0.3) is 0 Å². The van der Waals surface area contributed by atoms with E-state index in [1.54, 1.807) is 6.08 Å². The van der Waals surface area contributed by atoms with Crippen molar-refractivity contribution in [2.24, 2.45) is 0 Å². The van der Waals surface area contributed by atoms with E-state index in [-0.39, 0.29) is 18.4 Å². The summed E-state index contributed by atoms with van der Waals surface area (Å²) in [4.78, 5) is 11.4. The van der Waals surface area contributed by atoms with E-state index >= 15 is 0 Å². The van der Waals surface area contributed by atoms with Crippen molar-refractivity contribution in [2.75, 3.05) is 20.5 Å². The molecule has 0 saturated heterocycles. The fourth-order valence-electron chi connectivity index (χ4n) is 1.72. The third kappa shape index (κ3) is 5.17. The second-order valence-electron chi connectivity index (χ2n) is 6.94. The molecule has 0 aromatic rings. The Balaban J connectivity index is 2.67. The van der Waals surface area contributed by atoms with Crippen molar-refractivity contribution in [3.8, 4) is 0 Å². The maximum absolute atomic E-state index is 11.4. The first-order valence-corrected chi connectivity index (χ1v) is 10.3. The van der Waals surface area contributed by atoms with E-state index in [0.717, 1.165) is 0 Å². The third-order valence-corrected chi connectivity index (χ3v) is 8.68. The molecule has 1 N–H and O–H groups in total. The zero-order valence-electron chi connectivity index (χ0n) is 14.3. The minimum atomic E-state index is -1.98. The van der Waals surface area contributed by atoms with Gasteiger partial charge in [0, 0.05) is 13.2 Å². The molecule has 0 saturated carbocycles. The Bertz CT molecular complexity index is 401. The Morgan fingerprint density at radius 1 is 1.41 bits per heavy atom. The van der Waals surface area contributed by atoms with E-state index in [1.165, 1.54) is 13.2 Å². The van der Waals surface area contributed by atoms with Gasteiger partial charge in [0.15, 0.2) is 14.4 Å². The number of carbonyl (C=O) groups is 1. The summed E-state index contributed by atoms with van der Waals surface area (Å²) in [6.45, 7) is 10.7. The van der Waals surface area contributed by atoms with Gasteiger partial charge in [0.2, 0.25) is 0 Å². The molecule has 7 heteroatoms. The highest BCUT2D eigenvalue weighted by atomic mass is 28.4. The van der Waals surface area contributed by atoms with Crippen LogP contribution in [0.4, 0.5) is 0 Å². The van der Waals surface area contributed by atoms with Crippen LogP contribution in [0, 0.1) is 0 Å². The Hall–Kier alpha value is -0.733. The summed E-state index contributed by atoms with van der Waals surface area (Å²) < 4.78 is 21.5. The highest BCUT2D eigenvalue weighted by molar-refractivity contribution is 6.74. The molecule has 0 aliphatic carbocycles. The van der Waals surface area contributed by atoms with Crippen molar-refractivity contribution < 1.29 is 28.5 Å². The Kier molecular flexibility index (Phi) is 6.76. The van der Waals surface area contributed by atoms with Crippen molar-refractivity contribution in [1.82, 2.24) is 0 Å². The molecular weight excluding hydrogens is 304 g/mol. The van der Waals surface area contributed by atoms with Crippen LogP contribution < -0.4 is 0 Å². The van der Waals surface area contributed by atoms with Gasteiger partial charge in [-0.15, -0.1) is 0 Å². The number of esters is 1. The quantitative estimate of drug-likeness (QED) is 0.436. The first-order valence-electron chi connectivity index (χ1n) is 7.40. The number of rotatable bonds is 7. The largest absolute Gasteiger partial charge is 0.453 e. The molecule has 128 valence electrons. The van der Waals surface area contributed by atoms with Crippen molar-refractivity contribution in [3.05, 3.63) is 12.2 Å². The molecule has 0 unspecified atom stereocenters. The van der Waals surface area contributed by atoms with Crippen LogP contribution >= 0.6 is 0 Å². The van der Waals surface area contributed by atoms with Crippen LogP contribution in [0.15, 0.2) is 12.2 Å². The van der Waals surface area contributed by atoms with Gasteiger partial charge in [-0.3, -0.25) is 0 Å². The van der Waals surface area contributed by atoms with E-state index in [4.69, 9.17) is 18.6 Å². The summed E-state index contributed by atoms with van der Waals surface area (Å²) in [6.07, 6.45) is 0.571. The van der Waals surface area contributed by atoms with Crippen LogP contribution in [0.3, 0.4) is 0 Å². The highest BCUT2D eigenvalue weighted by Crippen LogP contribution is 2.36. The second kappa shape index (κ2) is 7.70. The topological polar surface area (TPSA) is 74.2 Å². The first-order chi connectivity index (χ1) is 10.1. The van der Waals surface area contributed by atoms with E-state index in [1.807, 2.05) is 0 Å². The summed E-state index contributed by atoms with van der Waals surface area (Å²) >= 11 is 0. The van der Waals surface area contributed by atoms with Gasteiger partial charge in [-0.1, -0.05) is 20.8 Å². The summed E-state index contributed by atoms with van der Waals surface area (Å²) in [6, 6.07) is 0. The minimum Gasteiger partial charge on any atom is -0.453 e. The number of cyclic esters (lactones) is 1. The smallest absolute Gasteiger partial charge is 0.330 e. The van der Waals surface area contributed by atoms with Gasteiger partial charge in [-0.05, 0) is 24.2 Å². The predicted molar refractivity (Wildman–Crippen MR) is 84.9 cm³/mol. The lowest BCUT2D eigenvalue weighted by atomic mass is 10.1. The molecule has 1 rings (SSSR count). The molecule has 1 heterocycles. The standard InChI is InChI=1S/C15H28O6Si/c1-15(2,3)22(5,6)20-9-11(16)14-12(19-10-18-4)7-8-13(17)21-14/h7-8,11-12,14,16H,9-10H2,1-6H3/t11-,12+,14+/m1/s1. The Labute approximate surface area is 133 Å². The molecule has 1 aliphatic rings. The average Bonchev–Trinajstić information content (AvgIpc) is 2.42. The fraction of sp³-hybridized carbons (Fsp3) is 0.800. The van der Waals surface area contributed by atoms with E-state index in [2.05, 4.69) is 33.9 Å². The molecule has 0 amide bonds. The third-order valence-electron chi connectivity index (χ3n) is 4.18. The molecular formula is C15H28O6Si. The van der Waals surface area contributed by atoms with Crippen LogP contribution in [0.5, 0.6) is 0 Å². The van der Waals surface area contributed by atoms with Crippen molar-refractivity contribution in [2.45, 2.75) is 57.2 Å². The number of hydrogen-bond acceptors (Lipinski definition) is 6. The summed E-state index contributed by atoms with van der Waals surface area (Å²) in [5, 5.41) is 10.4. The van der Waals surface area contributed by atoms with Crippen LogP contribution in [0.2, 0.25) is 18.1 Å². The van der Waals surface area contributed by atoms with E-state index in [9.17, 15) is 9.90 Å². The van der Waals surface area contributed by atoms with Gasteiger partial charge in [0.05, 0.1) is 6.61 Å². The normalized spacial score (nSPS) is 24.2. The van der Waals surface area contributed by atoms with Gasteiger partial charge in [-0.2, -0.15) is 0 Å². The maximum atomic E-state index is 11.4. The molecule has 3 atom stereocenters. The lowest BCUT2D eigenvalue weighted by Crippen LogP contribution is -2.49. The monoisotopic (exact) mass is 332 g/mol. The number of methoxy groups -OCH3 is 1. The molecule has 0 bridgehead atoms. The number of ether oxygens (including phenoxy) is 3. The number of aliphatic hydroxyl groups excluding tert-OH is 1. The van der Waals surface area contributed by atoms with Crippen molar-refractivity contribution >= 4 is 14.3 Å². The molecule has 0 aromatic heterocycles. The summed E-state index contributed by atoms with van der Waals surface area (Å²) in [7, 11) is -0.475. The average molecular weight is 332 g/mol. The molecule has 1 aliphatic heterocycles. The molecule has 22 heavy (non-hydrogen) atoms. The SMILES string of the molecule is COCO[C@H]1C=CC(=O)O[C@H]1[C@H](O)CO[Si](C)(C)C(C)(C)C. The number of aliphatic hydroxyl groups is 1. The molecule has 6 nitrogen and oxygen atoms in total. The molecule has 0 radical (unpaired) electrons. The van der Waals surface area contributed by atoms with Crippen LogP contribution in [-0.2, 0) is 23.4 Å². The lowest BCUT2D eigenvalue weighted by molar-refractivity contribution is -0.173. The van der Waals surface area contributed by atoms with Crippen molar-refractivity contribution in [1.29, 1.82) is 0 Å². The minimum absolute atomic E-state index is 0.0435. The van der Waals surface area contributed by atoms with Gasteiger partial charge in [0.1, 0.15) is 19.0 Å². The van der Waals surface area contributed by atoms with Gasteiger partial charge >= 0.3 is 5.97 Å². The van der Waals surface area contributed by atoms with Gasteiger partial charge in [0.25, 0.3) is 0 Å². The predicted octanol–water partition coefficient (Wildman–Crippen LogP) is 1.84. The molecule has 0 aromatic carbocycles. The molecule has 0 fully saturated rings. The second-order valence-corrected chi connectivity index (χ2v) is 11.7. The summed E-state index contributed by atoms with van der Waals surface area (Å²) in [5.41, 5.74) is 0. The van der Waals surface area contributed by atoms with Gasteiger partial charge < -0.3 is 23.7 Å². The number of carbonyl (C=O) groups excluding carboxylic acids is 1. The molecule has 0 spiro atoms. The fourth-order valence-corrected chi connectivity index (χ4v) is 2.74. The Morgan fingerprint density at radius 3 is 2.59 bits per heavy atom.